The zero-order valence-corrected chi connectivity index (χ0v) is 13.4. The van der Waals surface area contributed by atoms with E-state index in [0.29, 0.717) is 16.5 Å². The van der Waals surface area contributed by atoms with Crippen LogP contribution in [-0.4, -0.2) is 65.8 Å². The third-order valence-electron chi connectivity index (χ3n) is 4.87. The van der Waals surface area contributed by atoms with Gasteiger partial charge in [0.2, 0.25) is 5.91 Å². The minimum absolute atomic E-state index is 0.00793. The number of benzene rings is 1. The molecule has 1 heterocycles. The van der Waals surface area contributed by atoms with Crippen molar-refractivity contribution in [3.8, 4) is 0 Å². The Morgan fingerprint density at radius 2 is 1.79 bits per heavy atom. The van der Waals surface area contributed by atoms with Crippen molar-refractivity contribution in [3.05, 3.63) is 22.3 Å². The maximum atomic E-state index is 12.2. The Labute approximate surface area is 154 Å². The molecule has 1 aromatic heterocycles. The Hall–Kier alpha value is -1.03. The van der Waals surface area contributed by atoms with Crippen molar-refractivity contribution in [2.24, 2.45) is 5.73 Å². The van der Waals surface area contributed by atoms with Crippen LogP contribution in [0.1, 0.15) is 11.3 Å². The van der Waals surface area contributed by atoms with E-state index in [2.05, 4.69) is 4.98 Å². The second-order valence-corrected chi connectivity index (χ2v) is 6.73. The average molecular weight is 317 g/mol. The lowest BCUT2D eigenvalue weighted by Crippen LogP contribution is -2.60. The van der Waals surface area contributed by atoms with Crippen molar-refractivity contribution in [1.29, 1.82) is 0 Å². The van der Waals surface area contributed by atoms with Gasteiger partial charge in [-0.15, -0.1) is 5.21 Å². The summed E-state index contributed by atoms with van der Waals surface area (Å²) in [4.78, 5) is 15.1. The largest absolute Gasteiger partial charge is 0.370 e. The van der Waals surface area contributed by atoms with Gasteiger partial charge in [0.1, 0.15) is 15.7 Å². The number of rotatable bonds is 1. The van der Waals surface area contributed by atoms with Gasteiger partial charge in [0.05, 0.1) is 39.2 Å². The highest BCUT2D eigenvalue weighted by Gasteiger charge is 2.57. The lowest BCUT2D eigenvalue weighted by molar-refractivity contribution is -0.121. The van der Waals surface area contributed by atoms with Crippen LogP contribution in [0.2, 0.25) is 15.5 Å². The third kappa shape index (κ3) is 1.92. The van der Waals surface area contributed by atoms with Crippen molar-refractivity contribution >= 4 is 94.3 Å². The second kappa shape index (κ2) is 5.00. The smallest absolute Gasteiger partial charge is 0.219 e. The Bertz CT molecular complexity index is 894. The Morgan fingerprint density at radius 1 is 1.21 bits per heavy atom. The van der Waals surface area contributed by atoms with Crippen molar-refractivity contribution in [2.45, 2.75) is 22.2 Å². The molecular formula is C13H6B7ClN2O. The van der Waals surface area contributed by atoms with Gasteiger partial charge in [0, 0.05) is 21.5 Å². The molecule has 1 aliphatic carbocycles. The van der Waals surface area contributed by atoms with E-state index in [4.69, 9.17) is 72.3 Å². The molecular weight excluding hydrogens is 311 g/mol. The predicted molar refractivity (Wildman–Crippen MR) is 103 cm³/mol. The first-order valence-electron chi connectivity index (χ1n) is 6.99. The molecule has 0 aliphatic heterocycles. The molecule has 0 spiro atoms. The van der Waals surface area contributed by atoms with Crippen LogP contribution in [0.15, 0.2) is 6.07 Å². The van der Waals surface area contributed by atoms with Crippen LogP contribution < -0.4 is 16.7 Å². The molecule has 1 unspecified atom stereocenters. The van der Waals surface area contributed by atoms with E-state index in [-0.39, 0.29) is 28.1 Å². The zero-order chi connectivity index (χ0) is 18.2. The van der Waals surface area contributed by atoms with Crippen molar-refractivity contribution in [3.63, 3.8) is 0 Å². The molecule has 0 bridgehead atoms. The normalized spacial score (nSPS) is 24.5. The fraction of sp³-hybridized carbons (Fsp3) is 0.308. The Morgan fingerprint density at radius 3 is 2.33 bits per heavy atom. The minimum atomic E-state index is -2.06. The van der Waals surface area contributed by atoms with E-state index in [0.717, 1.165) is 0 Å². The zero-order valence-electron chi connectivity index (χ0n) is 12.7. The number of hydrogen-bond acceptors (Lipinski definition) is 1. The summed E-state index contributed by atoms with van der Waals surface area (Å²) in [5, 5.41) is -5.15. The Kier molecular flexibility index (Phi) is 3.70. The molecule has 0 saturated heterocycles. The lowest BCUT2D eigenvalue weighted by Gasteiger charge is -2.58. The molecule has 11 heteroatoms. The van der Waals surface area contributed by atoms with Gasteiger partial charge < -0.3 is 10.7 Å². The van der Waals surface area contributed by atoms with Crippen LogP contribution in [0.4, 0.5) is 0 Å². The van der Waals surface area contributed by atoms with Crippen LogP contribution in [-0.2, 0) is 16.5 Å². The number of aromatic nitrogens is 1. The number of fused-ring (bicyclic) bond motifs is 3. The number of nitrogens with two attached hydrogens (primary N) is 1. The van der Waals surface area contributed by atoms with Crippen LogP contribution in [0, 0.1) is 0 Å². The van der Waals surface area contributed by atoms with E-state index in [1.54, 1.807) is 6.07 Å². The van der Waals surface area contributed by atoms with E-state index in [9.17, 15) is 4.79 Å². The van der Waals surface area contributed by atoms with Crippen LogP contribution in [0.25, 0.3) is 10.9 Å². The van der Waals surface area contributed by atoms with Crippen molar-refractivity contribution < 1.29 is 4.79 Å². The lowest BCUT2D eigenvalue weighted by atomic mass is 9.18. The topological polar surface area (TPSA) is 58.9 Å². The first kappa shape index (κ1) is 17.8. The van der Waals surface area contributed by atoms with E-state index in [1.807, 2.05) is 0 Å². The van der Waals surface area contributed by atoms with Gasteiger partial charge in [-0.2, -0.15) is 0 Å². The van der Waals surface area contributed by atoms with Gasteiger partial charge in [-0.1, -0.05) is 27.7 Å². The molecule has 24 heavy (non-hydrogen) atoms. The number of halogens is 1. The molecule has 0 saturated carbocycles. The van der Waals surface area contributed by atoms with E-state index in [1.165, 1.54) is 0 Å². The number of primary amides is 1. The number of H-pyrrole nitrogens is 1. The van der Waals surface area contributed by atoms with Gasteiger partial charge in [0.15, 0.2) is 0 Å². The van der Waals surface area contributed by atoms with Crippen LogP contribution >= 0.6 is 11.6 Å². The molecule has 1 aromatic carbocycles. The summed E-state index contributed by atoms with van der Waals surface area (Å²) in [5.41, 5.74) is 7.10. The maximum absolute atomic E-state index is 12.2. The standard InChI is InChI=1S/C13H6B7ClN2O/c14-4-1-5-6(7(15)8(4)21)3-2-11(16,17)13(19,20)12(18,10(22)24)9(3)23-5/h1,23H,2H2,(H2,22,24). The number of nitrogens with one attached hydrogen (secondary N) is 1. The molecule has 0 fully saturated rings. The number of hydrogen-bond donors (Lipinski definition) is 2. The van der Waals surface area contributed by atoms with Gasteiger partial charge >= 0.3 is 0 Å². The molecule has 3 rings (SSSR count). The van der Waals surface area contributed by atoms with E-state index >= 15 is 0 Å². The fourth-order valence-corrected chi connectivity index (χ4v) is 3.46. The average Bonchev–Trinajstić information content (AvgIpc) is 2.80. The summed E-state index contributed by atoms with van der Waals surface area (Å²) in [7, 11) is 42.4. The van der Waals surface area contributed by atoms with Crippen LogP contribution in [0.5, 0.6) is 0 Å². The molecule has 14 radical (unpaired) electrons. The van der Waals surface area contributed by atoms with Gasteiger partial charge in [-0.25, -0.2) is 0 Å². The van der Waals surface area contributed by atoms with Gasteiger partial charge in [-0.3, -0.25) is 4.79 Å². The Balaban J connectivity index is 2.49. The molecule has 3 N–H and O–H groups in total. The van der Waals surface area contributed by atoms with Gasteiger partial charge in [0.25, 0.3) is 0 Å². The highest BCUT2D eigenvalue weighted by Crippen LogP contribution is 2.60. The molecule has 2 aromatic rings. The van der Waals surface area contributed by atoms with Crippen LogP contribution in [0.3, 0.4) is 0 Å². The van der Waals surface area contributed by atoms with Gasteiger partial charge in [-0.05, 0) is 23.4 Å². The molecule has 1 atom stereocenters. The summed E-state index contributed by atoms with van der Waals surface area (Å²) in [6.07, 6.45) is -0.00793. The van der Waals surface area contributed by atoms with E-state index < -0.39 is 21.6 Å². The molecule has 3 nitrogen and oxygen atoms in total. The molecule has 1 amide bonds. The summed E-state index contributed by atoms with van der Waals surface area (Å²) >= 11 is 6.12. The summed E-state index contributed by atoms with van der Waals surface area (Å²) in [6, 6.07) is 1.55. The second-order valence-electron chi connectivity index (χ2n) is 6.35. The fourth-order valence-electron chi connectivity index (χ4n) is 3.31. The maximum Gasteiger partial charge on any atom is 0.219 e. The number of aromatic amines is 1. The van der Waals surface area contributed by atoms with Crippen molar-refractivity contribution in [2.75, 3.05) is 0 Å². The summed E-state index contributed by atoms with van der Waals surface area (Å²) in [5.74, 6) is -0.988. The molecule has 1 aliphatic rings. The molecule has 102 valence electrons. The highest BCUT2D eigenvalue weighted by molar-refractivity contribution is 6.60. The van der Waals surface area contributed by atoms with Crippen molar-refractivity contribution in [1.82, 2.24) is 4.98 Å². The third-order valence-corrected chi connectivity index (χ3v) is 5.29. The number of carbonyl (C=O) groups is 1. The summed E-state index contributed by atoms with van der Waals surface area (Å²) in [6.45, 7) is 0. The first-order chi connectivity index (χ1) is 10.9. The predicted octanol–water partition coefficient (Wildman–Crippen LogP) is -2.28. The quantitative estimate of drug-likeness (QED) is 0.572. The number of carbonyl (C=O) groups excluding carboxylic acids is 1. The summed E-state index contributed by atoms with van der Waals surface area (Å²) < 4.78 is 0. The first-order valence-corrected chi connectivity index (χ1v) is 7.36. The monoisotopic (exact) mass is 318 g/mol. The highest BCUT2D eigenvalue weighted by atomic mass is 35.5. The number of amides is 1. The minimum Gasteiger partial charge on any atom is -0.370 e. The SMILES string of the molecule is [B]c1cc2[nH]c3c(c2c([B])c1Cl)CC([B])([B])C([B])([B])C3([B])C(N)=O.